The molecular weight excluding hydrogens is 200 g/mol. The van der Waals surface area contributed by atoms with Crippen molar-refractivity contribution in [2.75, 3.05) is 5.73 Å². The second-order valence-electron chi connectivity index (χ2n) is 3.83. The predicted molar refractivity (Wildman–Crippen MR) is 64.9 cm³/mol. The summed E-state index contributed by atoms with van der Waals surface area (Å²) in [5.41, 5.74) is 8.88. The molecule has 0 unspecified atom stereocenters. The van der Waals surface area contributed by atoms with Crippen LogP contribution in [0.2, 0.25) is 0 Å². The smallest absolute Gasteiger partial charge is 0.131 e. The Morgan fingerprint density at radius 3 is 2.88 bits per heavy atom. The number of hydrogen-bond acceptors (Lipinski definition) is 3. The van der Waals surface area contributed by atoms with Gasteiger partial charge in [-0.25, -0.2) is 4.98 Å². The van der Waals surface area contributed by atoms with Crippen molar-refractivity contribution in [3.8, 4) is 11.1 Å². The summed E-state index contributed by atoms with van der Waals surface area (Å²) in [6, 6.07) is 3.87. The molecule has 0 atom stereocenters. The van der Waals surface area contributed by atoms with Crippen LogP contribution in [0.5, 0.6) is 0 Å². The molecule has 2 N–H and O–H groups in total. The molecule has 0 spiro atoms. The lowest BCUT2D eigenvalue weighted by Gasteiger charge is -2.01. The van der Waals surface area contributed by atoms with Crippen LogP contribution in [0.25, 0.3) is 11.1 Å². The molecule has 2 heterocycles. The number of hydrogen-bond donors (Lipinski definition) is 1. The molecule has 2 aromatic heterocycles. The lowest BCUT2D eigenvalue weighted by Crippen LogP contribution is -1.96. The Morgan fingerprint density at radius 2 is 2.19 bits per heavy atom. The molecule has 2 rings (SSSR count). The first kappa shape index (κ1) is 10.7. The second kappa shape index (κ2) is 4.35. The summed E-state index contributed by atoms with van der Waals surface area (Å²) in [5, 5.41) is 4.45. The fourth-order valence-electron chi connectivity index (χ4n) is 1.77. The lowest BCUT2D eigenvalue weighted by molar-refractivity contribution is 0.598. The van der Waals surface area contributed by atoms with Crippen LogP contribution in [0.3, 0.4) is 0 Å². The van der Waals surface area contributed by atoms with Gasteiger partial charge in [0.15, 0.2) is 0 Å². The van der Waals surface area contributed by atoms with Crippen LogP contribution in [0.15, 0.2) is 24.5 Å². The molecule has 4 nitrogen and oxygen atoms in total. The minimum Gasteiger partial charge on any atom is -0.383 e. The van der Waals surface area contributed by atoms with Crippen LogP contribution in [0, 0.1) is 6.92 Å². The average molecular weight is 216 g/mol. The van der Waals surface area contributed by atoms with Crippen molar-refractivity contribution < 1.29 is 0 Å². The van der Waals surface area contributed by atoms with E-state index in [1.807, 2.05) is 29.9 Å². The molecule has 0 saturated carbocycles. The van der Waals surface area contributed by atoms with Gasteiger partial charge in [-0.3, -0.25) is 4.68 Å². The summed E-state index contributed by atoms with van der Waals surface area (Å²) in [6.45, 7) is 5.06. The number of nitrogen functional groups attached to an aromatic ring is 1. The summed E-state index contributed by atoms with van der Waals surface area (Å²) >= 11 is 0. The maximum Gasteiger partial charge on any atom is 0.131 e. The molecule has 0 aliphatic heterocycles. The summed E-state index contributed by atoms with van der Waals surface area (Å²) in [6.07, 6.45) is 4.81. The fourth-order valence-corrected chi connectivity index (χ4v) is 1.77. The zero-order valence-electron chi connectivity index (χ0n) is 9.64. The molecule has 16 heavy (non-hydrogen) atoms. The quantitative estimate of drug-likeness (QED) is 0.856. The number of nitrogens with two attached hydrogens (primary N) is 1. The van der Waals surface area contributed by atoms with Gasteiger partial charge in [0.1, 0.15) is 5.82 Å². The first-order valence-corrected chi connectivity index (χ1v) is 5.47. The highest BCUT2D eigenvalue weighted by Gasteiger charge is 2.09. The Labute approximate surface area is 95.1 Å². The lowest BCUT2D eigenvalue weighted by atomic mass is 10.1. The van der Waals surface area contributed by atoms with Crippen molar-refractivity contribution in [1.29, 1.82) is 0 Å². The largest absolute Gasteiger partial charge is 0.383 e. The van der Waals surface area contributed by atoms with Crippen LogP contribution < -0.4 is 5.73 Å². The van der Waals surface area contributed by atoms with E-state index in [1.54, 1.807) is 6.20 Å². The van der Waals surface area contributed by atoms with Gasteiger partial charge in [0.25, 0.3) is 0 Å². The topological polar surface area (TPSA) is 56.7 Å². The number of pyridine rings is 1. The van der Waals surface area contributed by atoms with Crippen LogP contribution >= 0.6 is 0 Å². The number of aryl methyl sites for hydroxylation is 2. The molecule has 4 heteroatoms. The van der Waals surface area contributed by atoms with Crippen molar-refractivity contribution in [2.45, 2.75) is 26.8 Å². The van der Waals surface area contributed by atoms with Crippen molar-refractivity contribution in [2.24, 2.45) is 0 Å². The molecule has 0 bridgehead atoms. The van der Waals surface area contributed by atoms with E-state index in [0.717, 1.165) is 29.8 Å². The van der Waals surface area contributed by atoms with Crippen molar-refractivity contribution in [1.82, 2.24) is 14.8 Å². The minimum absolute atomic E-state index is 0.557. The van der Waals surface area contributed by atoms with Gasteiger partial charge in [0.2, 0.25) is 0 Å². The maximum atomic E-state index is 5.86. The van der Waals surface area contributed by atoms with Gasteiger partial charge < -0.3 is 5.73 Å². The minimum atomic E-state index is 0.557. The first-order valence-electron chi connectivity index (χ1n) is 5.47. The highest BCUT2D eigenvalue weighted by atomic mass is 15.3. The van der Waals surface area contributed by atoms with Crippen LogP contribution in [0.1, 0.15) is 19.0 Å². The van der Waals surface area contributed by atoms with Gasteiger partial charge >= 0.3 is 0 Å². The van der Waals surface area contributed by atoms with E-state index in [2.05, 4.69) is 17.0 Å². The third-order valence-corrected chi connectivity index (χ3v) is 2.53. The van der Waals surface area contributed by atoms with E-state index >= 15 is 0 Å². The average Bonchev–Trinajstić information content (AvgIpc) is 2.61. The summed E-state index contributed by atoms with van der Waals surface area (Å²) in [4.78, 5) is 4.09. The van der Waals surface area contributed by atoms with Gasteiger partial charge in [0, 0.05) is 30.1 Å². The van der Waals surface area contributed by atoms with Crippen molar-refractivity contribution >= 4 is 5.82 Å². The number of rotatable bonds is 3. The molecule has 0 fully saturated rings. The van der Waals surface area contributed by atoms with E-state index in [9.17, 15) is 0 Å². The van der Waals surface area contributed by atoms with Crippen LogP contribution in [-0.2, 0) is 6.54 Å². The third-order valence-electron chi connectivity index (χ3n) is 2.53. The maximum absolute atomic E-state index is 5.86. The van der Waals surface area contributed by atoms with E-state index in [-0.39, 0.29) is 0 Å². The molecule has 0 aliphatic rings. The van der Waals surface area contributed by atoms with E-state index in [4.69, 9.17) is 5.73 Å². The van der Waals surface area contributed by atoms with Gasteiger partial charge in [-0.2, -0.15) is 5.10 Å². The predicted octanol–water partition coefficient (Wildman–Crippen LogP) is 2.25. The highest BCUT2D eigenvalue weighted by Crippen LogP contribution is 2.26. The van der Waals surface area contributed by atoms with Crippen molar-refractivity contribution in [3.63, 3.8) is 0 Å². The fraction of sp³-hybridized carbons (Fsp3) is 0.333. The van der Waals surface area contributed by atoms with Crippen molar-refractivity contribution in [3.05, 3.63) is 30.2 Å². The Morgan fingerprint density at radius 1 is 1.38 bits per heavy atom. The van der Waals surface area contributed by atoms with Gasteiger partial charge in [-0.05, 0) is 25.5 Å². The van der Waals surface area contributed by atoms with Gasteiger partial charge in [0.05, 0.1) is 5.69 Å². The zero-order valence-corrected chi connectivity index (χ0v) is 9.64. The summed E-state index contributed by atoms with van der Waals surface area (Å²) < 4.78 is 1.96. The standard InChI is InChI=1S/C12H16N4/c1-3-7-16-8-11(9(2)15-16)10-5-4-6-14-12(10)13/h4-6,8H,3,7H2,1-2H3,(H2,13,14). The Kier molecular flexibility index (Phi) is 2.90. The molecule has 2 aromatic rings. The van der Waals surface area contributed by atoms with Crippen LogP contribution in [-0.4, -0.2) is 14.8 Å². The number of nitrogens with zero attached hydrogens (tertiary/aromatic N) is 3. The molecule has 0 aliphatic carbocycles. The summed E-state index contributed by atoms with van der Waals surface area (Å²) in [5.74, 6) is 0.557. The van der Waals surface area contributed by atoms with E-state index in [1.165, 1.54) is 0 Å². The molecule has 0 radical (unpaired) electrons. The van der Waals surface area contributed by atoms with Gasteiger partial charge in [-0.1, -0.05) is 6.92 Å². The zero-order chi connectivity index (χ0) is 11.5. The molecule has 84 valence electrons. The Hall–Kier alpha value is -1.84. The number of anilines is 1. The Bertz CT molecular complexity index is 488. The first-order chi connectivity index (χ1) is 7.72. The molecule has 0 aromatic carbocycles. The second-order valence-corrected chi connectivity index (χ2v) is 3.83. The monoisotopic (exact) mass is 216 g/mol. The summed E-state index contributed by atoms with van der Waals surface area (Å²) in [7, 11) is 0. The SMILES string of the molecule is CCCn1cc(-c2cccnc2N)c(C)n1. The number of aromatic nitrogens is 3. The van der Waals surface area contributed by atoms with Gasteiger partial charge in [-0.15, -0.1) is 0 Å². The van der Waals surface area contributed by atoms with Crippen LogP contribution in [0.4, 0.5) is 5.82 Å². The van der Waals surface area contributed by atoms with E-state index in [0.29, 0.717) is 5.82 Å². The molecule has 0 saturated heterocycles. The third kappa shape index (κ3) is 1.91. The normalized spacial score (nSPS) is 10.6. The van der Waals surface area contributed by atoms with E-state index < -0.39 is 0 Å². The molecular formula is C12H16N4. The highest BCUT2D eigenvalue weighted by molar-refractivity contribution is 5.74. The Balaban J connectivity index is 2.44. The molecule has 0 amide bonds.